The van der Waals surface area contributed by atoms with Crippen molar-refractivity contribution in [3.63, 3.8) is 0 Å². The second-order valence-electron chi connectivity index (χ2n) is 5.21. The van der Waals surface area contributed by atoms with Crippen LogP contribution < -0.4 is 14.8 Å². The number of nitrogens with one attached hydrogen (secondary N) is 1. The SMILES string of the molecule is CCNC(c1cc(OC)c(OC)cc1F)C1CCOCC1. The van der Waals surface area contributed by atoms with Gasteiger partial charge in [-0.05, 0) is 31.4 Å². The Morgan fingerprint density at radius 1 is 1.24 bits per heavy atom. The van der Waals surface area contributed by atoms with Crippen LogP contribution in [0.25, 0.3) is 0 Å². The van der Waals surface area contributed by atoms with E-state index in [0.29, 0.717) is 23.0 Å². The summed E-state index contributed by atoms with van der Waals surface area (Å²) < 4.78 is 30.3. The monoisotopic (exact) mass is 297 g/mol. The van der Waals surface area contributed by atoms with Crippen LogP contribution in [-0.2, 0) is 4.74 Å². The molecule has 0 aromatic heterocycles. The molecule has 4 nitrogen and oxygen atoms in total. The Bertz CT molecular complexity index is 461. The van der Waals surface area contributed by atoms with Crippen molar-refractivity contribution < 1.29 is 18.6 Å². The zero-order valence-electron chi connectivity index (χ0n) is 12.9. The van der Waals surface area contributed by atoms with Gasteiger partial charge in [-0.2, -0.15) is 0 Å². The van der Waals surface area contributed by atoms with Gasteiger partial charge in [0.1, 0.15) is 5.82 Å². The van der Waals surface area contributed by atoms with Crippen molar-refractivity contribution in [1.29, 1.82) is 0 Å². The van der Waals surface area contributed by atoms with E-state index in [-0.39, 0.29) is 11.9 Å². The predicted octanol–water partition coefficient (Wildman–Crippen LogP) is 2.92. The predicted molar refractivity (Wildman–Crippen MR) is 79.5 cm³/mol. The Morgan fingerprint density at radius 2 is 1.86 bits per heavy atom. The van der Waals surface area contributed by atoms with Crippen LogP contribution in [0.3, 0.4) is 0 Å². The number of hydrogen-bond acceptors (Lipinski definition) is 4. The average Bonchev–Trinajstić information content (AvgIpc) is 2.53. The highest BCUT2D eigenvalue weighted by atomic mass is 19.1. The van der Waals surface area contributed by atoms with Crippen LogP contribution in [0.2, 0.25) is 0 Å². The van der Waals surface area contributed by atoms with Crippen LogP contribution in [0.5, 0.6) is 11.5 Å². The molecule has 0 radical (unpaired) electrons. The lowest BCUT2D eigenvalue weighted by Crippen LogP contribution is -2.32. The molecule has 21 heavy (non-hydrogen) atoms. The lowest BCUT2D eigenvalue weighted by atomic mass is 9.86. The summed E-state index contributed by atoms with van der Waals surface area (Å²) in [5.74, 6) is 1.08. The first-order chi connectivity index (χ1) is 10.2. The van der Waals surface area contributed by atoms with Crippen molar-refractivity contribution >= 4 is 0 Å². The molecule has 1 atom stereocenters. The first-order valence-corrected chi connectivity index (χ1v) is 7.43. The molecule has 1 heterocycles. The standard InChI is InChI=1S/C16H24FNO3/c1-4-18-16(11-5-7-21-8-6-11)12-9-14(19-2)15(20-3)10-13(12)17/h9-11,16,18H,4-8H2,1-3H3. The summed E-state index contributed by atoms with van der Waals surface area (Å²) in [6.45, 7) is 4.30. The number of rotatable bonds is 6. The summed E-state index contributed by atoms with van der Waals surface area (Å²) in [7, 11) is 3.08. The van der Waals surface area contributed by atoms with Gasteiger partial charge >= 0.3 is 0 Å². The van der Waals surface area contributed by atoms with Gasteiger partial charge < -0.3 is 19.5 Å². The zero-order valence-corrected chi connectivity index (χ0v) is 12.9. The van der Waals surface area contributed by atoms with Crippen molar-refractivity contribution in [2.75, 3.05) is 34.0 Å². The van der Waals surface area contributed by atoms with Gasteiger partial charge in [-0.3, -0.25) is 0 Å². The van der Waals surface area contributed by atoms with Gasteiger partial charge in [0, 0.05) is 30.9 Å². The fourth-order valence-corrected chi connectivity index (χ4v) is 2.91. The lowest BCUT2D eigenvalue weighted by Gasteiger charge is -2.31. The van der Waals surface area contributed by atoms with Crippen molar-refractivity contribution in [2.24, 2.45) is 5.92 Å². The van der Waals surface area contributed by atoms with E-state index in [0.717, 1.165) is 32.6 Å². The summed E-state index contributed by atoms with van der Waals surface area (Å²) in [6.07, 6.45) is 1.87. The van der Waals surface area contributed by atoms with E-state index in [4.69, 9.17) is 14.2 Å². The molecule has 2 rings (SSSR count). The second-order valence-corrected chi connectivity index (χ2v) is 5.21. The summed E-state index contributed by atoms with van der Waals surface area (Å²) >= 11 is 0. The van der Waals surface area contributed by atoms with Crippen LogP contribution in [0.15, 0.2) is 12.1 Å². The topological polar surface area (TPSA) is 39.7 Å². The van der Waals surface area contributed by atoms with Gasteiger partial charge in [-0.25, -0.2) is 4.39 Å². The van der Waals surface area contributed by atoms with Gasteiger partial charge in [0.25, 0.3) is 0 Å². The minimum absolute atomic E-state index is 0.0290. The fourth-order valence-electron chi connectivity index (χ4n) is 2.91. The molecule has 1 unspecified atom stereocenters. The highest BCUT2D eigenvalue weighted by molar-refractivity contribution is 5.45. The Morgan fingerprint density at radius 3 is 2.43 bits per heavy atom. The van der Waals surface area contributed by atoms with E-state index < -0.39 is 0 Å². The van der Waals surface area contributed by atoms with Crippen molar-refractivity contribution in [3.8, 4) is 11.5 Å². The molecule has 0 amide bonds. The second kappa shape index (κ2) is 7.61. The summed E-state index contributed by atoms with van der Waals surface area (Å²) in [5, 5.41) is 3.41. The summed E-state index contributed by atoms with van der Waals surface area (Å²) in [4.78, 5) is 0. The first kappa shape index (κ1) is 16.0. The van der Waals surface area contributed by atoms with E-state index in [2.05, 4.69) is 5.32 Å². The van der Waals surface area contributed by atoms with Crippen LogP contribution in [0.1, 0.15) is 31.4 Å². The molecule has 0 aliphatic carbocycles. The average molecular weight is 297 g/mol. The highest BCUT2D eigenvalue weighted by Gasteiger charge is 2.28. The number of benzene rings is 1. The molecule has 0 saturated carbocycles. The van der Waals surface area contributed by atoms with E-state index in [1.165, 1.54) is 13.2 Å². The van der Waals surface area contributed by atoms with E-state index in [1.54, 1.807) is 13.2 Å². The minimum Gasteiger partial charge on any atom is -0.493 e. The fraction of sp³-hybridized carbons (Fsp3) is 0.625. The summed E-state index contributed by atoms with van der Waals surface area (Å²) in [6, 6.07) is 3.12. The van der Waals surface area contributed by atoms with Gasteiger partial charge in [0.15, 0.2) is 11.5 Å². The first-order valence-electron chi connectivity index (χ1n) is 7.43. The molecule has 1 aromatic carbocycles. The largest absolute Gasteiger partial charge is 0.493 e. The van der Waals surface area contributed by atoms with Gasteiger partial charge in [0.2, 0.25) is 0 Å². The highest BCUT2D eigenvalue weighted by Crippen LogP contribution is 2.37. The Labute approximate surface area is 125 Å². The number of methoxy groups -OCH3 is 2. The molecule has 1 aliphatic rings. The van der Waals surface area contributed by atoms with E-state index in [1.807, 2.05) is 6.92 Å². The quantitative estimate of drug-likeness (QED) is 0.876. The van der Waals surface area contributed by atoms with Crippen LogP contribution >= 0.6 is 0 Å². The molecular formula is C16H24FNO3. The number of ether oxygens (including phenoxy) is 3. The van der Waals surface area contributed by atoms with Gasteiger partial charge in [-0.1, -0.05) is 6.92 Å². The number of halogens is 1. The Kier molecular flexibility index (Phi) is 5.82. The van der Waals surface area contributed by atoms with Crippen molar-refractivity contribution in [1.82, 2.24) is 5.32 Å². The molecule has 1 aromatic rings. The Hall–Kier alpha value is -1.33. The van der Waals surface area contributed by atoms with Gasteiger partial charge in [-0.15, -0.1) is 0 Å². The maximum atomic E-state index is 14.5. The molecular weight excluding hydrogens is 273 g/mol. The normalized spacial score (nSPS) is 17.5. The third-order valence-corrected chi connectivity index (χ3v) is 4.00. The maximum absolute atomic E-state index is 14.5. The van der Waals surface area contributed by atoms with E-state index in [9.17, 15) is 4.39 Å². The van der Waals surface area contributed by atoms with Crippen LogP contribution in [0.4, 0.5) is 4.39 Å². The molecule has 1 aliphatic heterocycles. The summed E-state index contributed by atoms with van der Waals surface area (Å²) in [5.41, 5.74) is 0.640. The minimum atomic E-state index is -0.259. The molecule has 1 N–H and O–H groups in total. The molecule has 0 spiro atoms. The van der Waals surface area contributed by atoms with Crippen LogP contribution in [-0.4, -0.2) is 34.0 Å². The molecule has 1 saturated heterocycles. The molecule has 5 heteroatoms. The maximum Gasteiger partial charge on any atom is 0.163 e. The van der Waals surface area contributed by atoms with Crippen molar-refractivity contribution in [2.45, 2.75) is 25.8 Å². The number of hydrogen-bond donors (Lipinski definition) is 1. The third kappa shape index (κ3) is 3.66. The molecule has 0 bridgehead atoms. The molecule has 1 fully saturated rings. The molecule has 118 valence electrons. The zero-order chi connectivity index (χ0) is 15.2. The van der Waals surface area contributed by atoms with Crippen molar-refractivity contribution in [3.05, 3.63) is 23.5 Å². The Balaban J connectivity index is 2.34. The smallest absolute Gasteiger partial charge is 0.163 e. The van der Waals surface area contributed by atoms with E-state index >= 15 is 0 Å². The van der Waals surface area contributed by atoms with Crippen LogP contribution in [0, 0.1) is 11.7 Å². The lowest BCUT2D eigenvalue weighted by molar-refractivity contribution is 0.0533. The third-order valence-electron chi connectivity index (χ3n) is 4.00. The van der Waals surface area contributed by atoms with Gasteiger partial charge in [0.05, 0.1) is 14.2 Å².